The van der Waals surface area contributed by atoms with Gasteiger partial charge in [0.25, 0.3) is 0 Å². The van der Waals surface area contributed by atoms with Crippen LogP contribution in [0.3, 0.4) is 0 Å². The third-order valence-electron chi connectivity index (χ3n) is 4.10. The molecule has 0 saturated heterocycles. The maximum Gasteiger partial charge on any atom is 0.343 e. The lowest BCUT2D eigenvalue weighted by Crippen LogP contribution is -2.08. The Labute approximate surface area is 169 Å². The molecule has 0 aliphatic heterocycles. The van der Waals surface area contributed by atoms with E-state index in [1.807, 2.05) is 13.0 Å². The van der Waals surface area contributed by atoms with Crippen LogP contribution in [-0.4, -0.2) is 14.4 Å². The number of carbonyl (C=O) groups excluding carboxylic acids is 1. The number of nitrogens with zero attached hydrogens (tertiary/aromatic N) is 1. The van der Waals surface area contributed by atoms with Crippen LogP contribution in [0.4, 0.5) is 0 Å². The minimum Gasteiger partial charge on any atom is -0.423 e. The van der Waals surface area contributed by atoms with E-state index >= 15 is 0 Å². The van der Waals surface area contributed by atoms with Crippen LogP contribution in [-0.2, 0) is 9.84 Å². The number of benzene rings is 3. The van der Waals surface area contributed by atoms with Crippen molar-refractivity contribution in [1.82, 2.24) is 0 Å². The first-order valence-corrected chi connectivity index (χ1v) is 10.2. The summed E-state index contributed by atoms with van der Waals surface area (Å²) in [5.41, 5.74) is 1.88. The number of rotatable bonds is 5. The van der Waals surface area contributed by atoms with Gasteiger partial charge in [0.2, 0.25) is 9.84 Å². The molecule has 5 nitrogen and oxygen atoms in total. The highest BCUT2D eigenvalue weighted by molar-refractivity contribution is 7.95. The number of allylic oxidation sites excluding steroid dienone is 1. The highest BCUT2D eigenvalue weighted by Gasteiger charge is 2.20. The van der Waals surface area contributed by atoms with Crippen molar-refractivity contribution >= 4 is 21.9 Å². The van der Waals surface area contributed by atoms with Gasteiger partial charge in [0.1, 0.15) is 16.7 Å². The average Bonchev–Trinajstić information content (AvgIpc) is 2.73. The predicted octanol–water partition coefficient (Wildman–Crippen LogP) is 4.55. The summed E-state index contributed by atoms with van der Waals surface area (Å²) in [5.74, 6) is -0.167. The van der Waals surface area contributed by atoms with Crippen LogP contribution in [0.25, 0.3) is 6.08 Å². The highest BCUT2D eigenvalue weighted by Crippen LogP contribution is 2.22. The molecule has 144 valence electrons. The van der Waals surface area contributed by atoms with E-state index in [0.29, 0.717) is 16.9 Å². The largest absolute Gasteiger partial charge is 0.423 e. The number of ether oxygens (including phenoxy) is 1. The van der Waals surface area contributed by atoms with E-state index in [0.717, 1.165) is 5.56 Å². The van der Waals surface area contributed by atoms with Gasteiger partial charge in [-0.05, 0) is 55.0 Å². The zero-order valence-electron chi connectivity index (χ0n) is 15.6. The maximum atomic E-state index is 12.6. The van der Waals surface area contributed by atoms with Gasteiger partial charge in [0, 0.05) is 0 Å². The topological polar surface area (TPSA) is 84.2 Å². The molecule has 3 aromatic rings. The second-order valence-corrected chi connectivity index (χ2v) is 8.18. The lowest BCUT2D eigenvalue weighted by Gasteiger charge is -2.06. The van der Waals surface area contributed by atoms with E-state index in [1.54, 1.807) is 66.7 Å². The Morgan fingerprint density at radius 1 is 0.966 bits per heavy atom. The Kier molecular flexibility index (Phi) is 5.91. The second-order valence-electron chi connectivity index (χ2n) is 6.26. The molecule has 0 heterocycles. The smallest absolute Gasteiger partial charge is 0.343 e. The summed E-state index contributed by atoms with van der Waals surface area (Å²) in [4.78, 5) is 11.9. The number of nitriles is 1. The Hall–Kier alpha value is -3.69. The van der Waals surface area contributed by atoms with Gasteiger partial charge in [-0.15, -0.1) is 0 Å². The van der Waals surface area contributed by atoms with Crippen LogP contribution < -0.4 is 4.74 Å². The van der Waals surface area contributed by atoms with Gasteiger partial charge >= 0.3 is 5.97 Å². The third-order valence-corrected chi connectivity index (χ3v) is 5.78. The van der Waals surface area contributed by atoms with Crippen LogP contribution in [0, 0.1) is 18.3 Å². The summed E-state index contributed by atoms with van der Waals surface area (Å²) < 4.78 is 30.5. The fraction of sp³-hybridized carbons (Fsp3) is 0.0435. The molecule has 0 bridgehead atoms. The van der Waals surface area contributed by atoms with E-state index < -0.39 is 15.8 Å². The van der Waals surface area contributed by atoms with Crippen molar-refractivity contribution in [2.24, 2.45) is 0 Å². The van der Waals surface area contributed by atoms with Gasteiger partial charge in [-0.2, -0.15) is 5.26 Å². The average molecular weight is 403 g/mol. The molecule has 0 amide bonds. The van der Waals surface area contributed by atoms with Crippen LogP contribution in [0.1, 0.15) is 21.5 Å². The van der Waals surface area contributed by atoms with Crippen molar-refractivity contribution in [1.29, 1.82) is 5.26 Å². The fourth-order valence-corrected chi connectivity index (χ4v) is 3.80. The van der Waals surface area contributed by atoms with Gasteiger partial charge in [-0.1, -0.05) is 48.0 Å². The molecule has 0 aromatic heterocycles. The van der Waals surface area contributed by atoms with Crippen LogP contribution in [0.5, 0.6) is 5.75 Å². The van der Waals surface area contributed by atoms with Crippen molar-refractivity contribution in [2.45, 2.75) is 11.8 Å². The molecular formula is C23H17NO4S. The monoisotopic (exact) mass is 403 g/mol. The molecule has 3 rings (SSSR count). The fourth-order valence-electron chi connectivity index (χ4n) is 2.62. The second kappa shape index (κ2) is 8.55. The van der Waals surface area contributed by atoms with Gasteiger partial charge in [-0.3, -0.25) is 0 Å². The first-order valence-electron chi connectivity index (χ1n) is 8.71. The molecule has 0 fully saturated rings. The number of carbonyl (C=O) groups is 1. The van der Waals surface area contributed by atoms with Crippen LogP contribution in [0.2, 0.25) is 0 Å². The summed E-state index contributed by atoms with van der Waals surface area (Å²) in [6.45, 7) is 1.88. The SMILES string of the molecule is Cc1cccc(C(=O)Oc2ccc(/C=C(\C#N)S(=O)(=O)c3ccccc3)cc2)c1. The molecule has 6 heteroatoms. The Balaban J connectivity index is 1.80. The summed E-state index contributed by atoms with van der Waals surface area (Å²) in [6, 6.07) is 22.8. The molecular weight excluding hydrogens is 386 g/mol. The highest BCUT2D eigenvalue weighted by atomic mass is 32.2. The van der Waals surface area contributed by atoms with E-state index in [2.05, 4.69) is 0 Å². The molecule has 0 aliphatic carbocycles. The van der Waals surface area contributed by atoms with E-state index in [4.69, 9.17) is 4.74 Å². The summed E-state index contributed by atoms with van der Waals surface area (Å²) >= 11 is 0. The first kappa shape index (κ1) is 20.1. The molecule has 0 spiro atoms. The lowest BCUT2D eigenvalue weighted by atomic mass is 10.1. The van der Waals surface area contributed by atoms with E-state index in [9.17, 15) is 18.5 Å². The number of hydrogen-bond acceptors (Lipinski definition) is 5. The molecule has 0 saturated carbocycles. The number of esters is 1. The summed E-state index contributed by atoms with van der Waals surface area (Å²) in [6.07, 6.45) is 1.29. The lowest BCUT2D eigenvalue weighted by molar-refractivity contribution is 0.0734. The van der Waals surface area contributed by atoms with Crippen LogP contribution in [0.15, 0.2) is 88.7 Å². The summed E-state index contributed by atoms with van der Waals surface area (Å²) in [5, 5.41) is 9.34. The Bertz CT molecular complexity index is 1210. The minimum atomic E-state index is -3.90. The normalized spacial score (nSPS) is 11.5. The van der Waals surface area contributed by atoms with Crippen molar-refractivity contribution in [2.75, 3.05) is 0 Å². The minimum absolute atomic E-state index is 0.0523. The van der Waals surface area contributed by atoms with Gasteiger partial charge in [-0.25, -0.2) is 13.2 Å². The maximum absolute atomic E-state index is 12.6. The van der Waals surface area contributed by atoms with Crippen molar-refractivity contribution in [3.63, 3.8) is 0 Å². The number of sulfone groups is 1. The van der Waals surface area contributed by atoms with E-state index in [-0.39, 0.29) is 9.80 Å². The number of hydrogen-bond donors (Lipinski definition) is 0. The van der Waals surface area contributed by atoms with Crippen molar-refractivity contribution in [3.05, 3.63) is 100 Å². The molecule has 29 heavy (non-hydrogen) atoms. The quantitative estimate of drug-likeness (QED) is 0.354. The standard InChI is InChI=1S/C23H17NO4S/c1-17-6-5-7-19(14-17)23(25)28-20-12-10-18(11-13-20)15-22(16-24)29(26,27)21-8-3-2-4-9-21/h2-15H,1H3/b22-15+. The Morgan fingerprint density at radius 2 is 1.66 bits per heavy atom. The van der Waals surface area contributed by atoms with Crippen molar-refractivity contribution < 1.29 is 17.9 Å². The van der Waals surface area contributed by atoms with E-state index in [1.165, 1.54) is 18.2 Å². The zero-order chi connectivity index (χ0) is 20.9. The molecule has 0 N–H and O–H groups in total. The molecule has 0 unspecified atom stereocenters. The Morgan fingerprint density at radius 3 is 2.28 bits per heavy atom. The van der Waals surface area contributed by atoms with Crippen LogP contribution >= 0.6 is 0 Å². The summed E-state index contributed by atoms with van der Waals surface area (Å²) in [7, 11) is -3.90. The molecule has 0 atom stereocenters. The van der Waals surface area contributed by atoms with Gasteiger partial charge < -0.3 is 4.74 Å². The molecule has 0 radical (unpaired) electrons. The van der Waals surface area contributed by atoms with Gasteiger partial charge in [0.05, 0.1) is 10.5 Å². The zero-order valence-corrected chi connectivity index (χ0v) is 16.4. The molecule has 3 aromatic carbocycles. The first-order chi connectivity index (χ1) is 13.9. The van der Waals surface area contributed by atoms with Crippen molar-refractivity contribution in [3.8, 4) is 11.8 Å². The third kappa shape index (κ3) is 4.78. The molecule has 0 aliphatic rings. The predicted molar refractivity (Wildman–Crippen MR) is 110 cm³/mol. The number of aryl methyl sites for hydroxylation is 1. The van der Waals surface area contributed by atoms with Gasteiger partial charge in [0.15, 0.2) is 0 Å².